The van der Waals surface area contributed by atoms with Crippen LogP contribution in [-0.4, -0.2) is 47.8 Å². The van der Waals surface area contributed by atoms with E-state index in [1.54, 1.807) is 13.8 Å². The SMILES string of the molecule is CC(C)(CNc1cnc(C(=O)O)cn1)NS(C)(=O)=O. The molecular weight excluding hydrogens is 272 g/mol. The zero-order valence-electron chi connectivity index (χ0n) is 10.8. The quantitative estimate of drug-likeness (QED) is 0.669. The zero-order chi connectivity index (χ0) is 14.7. The van der Waals surface area contributed by atoms with Gasteiger partial charge in [-0.3, -0.25) is 0 Å². The van der Waals surface area contributed by atoms with E-state index in [2.05, 4.69) is 20.0 Å². The molecule has 106 valence electrons. The van der Waals surface area contributed by atoms with Gasteiger partial charge in [0.25, 0.3) is 0 Å². The van der Waals surface area contributed by atoms with E-state index >= 15 is 0 Å². The van der Waals surface area contributed by atoms with Gasteiger partial charge in [0.1, 0.15) is 5.82 Å². The van der Waals surface area contributed by atoms with Gasteiger partial charge in [-0.25, -0.2) is 27.9 Å². The number of rotatable bonds is 6. The van der Waals surface area contributed by atoms with Gasteiger partial charge in [-0.2, -0.15) is 0 Å². The molecule has 0 amide bonds. The number of nitrogens with zero attached hydrogens (tertiary/aromatic N) is 2. The van der Waals surface area contributed by atoms with Crippen LogP contribution in [0.3, 0.4) is 0 Å². The fourth-order valence-electron chi connectivity index (χ4n) is 1.38. The van der Waals surface area contributed by atoms with E-state index in [9.17, 15) is 13.2 Å². The minimum atomic E-state index is -3.31. The van der Waals surface area contributed by atoms with Crippen molar-refractivity contribution in [1.82, 2.24) is 14.7 Å². The van der Waals surface area contributed by atoms with E-state index in [1.165, 1.54) is 6.20 Å². The molecule has 1 heterocycles. The lowest BCUT2D eigenvalue weighted by Crippen LogP contribution is -2.47. The third-order valence-corrected chi connectivity index (χ3v) is 2.97. The highest BCUT2D eigenvalue weighted by molar-refractivity contribution is 7.88. The van der Waals surface area contributed by atoms with Crippen LogP contribution in [0.1, 0.15) is 24.3 Å². The molecule has 0 saturated heterocycles. The van der Waals surface area contributed by atoms with Crippen molar-refractivity contribution in [3.63, 3.8) is 0 Å². The molecule has 0 fully saturated rings. The first kappa shape index (κ1) is 15.3. The van der Waals surface area contributed by atoms with E-state index in [-0.39, 0.29) is 12.2 Å². The standard InChI is InChI=1S/C10H16N4O4S/c1-10(2,14-19(3,17)18)6-13-8-5-11-7(4-12-8)9(15)16/h4-5,14H,6H2,1-3H3,(H,12,13)(H,15,16). The van der Waals surface area contributed by atoms with Crippen molar-refractivity contribution in [3.8, 4) is 0 Å². The Morgan fingerprint density at radius 1 is 1.37 bits per heavy atom. The lowest BCUT2D eigenvalue weighted by atomic mass is 10.1. The molecule has 0 aromatic carbocycles. The summed E-state index contributed by atoms with van der Waals surface area (Å²) in [4.78, 5) is 18.1. The van der Waals surface area contributed by atoms with Crippen LogP contribution >= 0.6 is 0 Å². The summed E-state index contributed by atoms with van der Waals surface area (Å²) in [6.07, 6.45) is 3.48. The minimum absolute atomic E-state index is 0.154. The number of anilines is 1. The normalized spacial score (nSPS) is 12.2. The number of carboxylic acids is 1. The number of aromatic nitrogens is 2. The number of carboxylic acid groups (broad SMARTS) is 1. The van der Waals surface area contributed by atoms with Gasteiger partial charge in [0, 0.05) is 12.1 Å². The first-order valence-electron chi connectivity index (χ1n) is 5.37. The fourth-order valence-corrected chi connectivity index (χ4v) is 2.46. The van der Waals surface area contributed by atoms with Crippen molar-refractivity contribution >= 4 is 21.8 Å². The maximum Gasteiger partial charge on any atom is 0.356 e. The Morgan fingerprint density at radius 2 is 2.00 bits per heavy atom. The molecule has 8 nitrogen and oxygen atoms in total. The second-order valence-electron chi connectivity index (χ2n) is 4.70. The Morgan fingerprint density at radius 3 is 2.42 bits per heavy atom. The molecule has 0 bridgehead atoms. The van der Waals surface area contributed by atoms with Crippen molar-refractivity contribution in [2.45, 2.75) is 19.4 Å². The molecule has 1 aromatic heterocycles. The first-order chi connectivity index (χ1) is 8.59. The number of aromatic carboxylic acids is 1. The van der Waals surface area contributed by atoms with E-state index < -0.39 is 21.5 Å². The highest BCUT2D eigenvalue weighted by atomic mass is 32.2. The maximum absolute atomic E-state index is 11.1. The molecule has 9 heteroatoms. The van der Waals surface area contributed by atoms with E-state index in [4.69, 9.17) is 5.11 Å². The summed E-state index contributed by atoms with van der Waals surface area (Å²) in [5, 5.41) is 11.5. The number of hydrogen-bond acceptors (Lipinski definition) is 6. The molecule has 1 rings (SSSR count). The van der Waals surface area contributed by atoms with Gasteiger partial charge < -0.3 is 10.4 Å². The van der Waals surface area contributed by atoms with Gasteiger partial charge in [0.2, 0.25) is 10.0 Å². The summed E-state index contributed by atoms with van der Waals surface area (Å²) in [7, 11) is -3.31. The van der Waals surface area contributed by atoms with Crippen molar-refractivity contribution in [3.05, 3.63) is 18.1 Å². The molecule has 3 N–H and O–H groups in total. The summed E-state index contributed by atoms with van der Waals surface area (Å²) in [6, 6.07) is 0. The van der Waals surface area contributed by atoms with E-state index in [1.807, 2.05) is 0 Å². The van der Waals surface area contributed by atoms with Crippen molar-refractivity contribution in [2.24, 2.45) is 0 Å². The van der Waals surface area contributed by atoms with Gasteiger partial charge in [-0.15, -0.1) is 0 Å². The molecule has 19 heavy (non-hydrogen) atoms. The number of nitrogens with one attached hydrogen (secondary N) is 2. The third-order valence-electron chi connectivity index (χ3n) is 2.04. The van der Waals surface area contributed by atoms with E-state index in [0.717, 1.165) is 12.5 Å². The molecule has 0 aliphatic carbocycles. The summed E-state index contributed by atoms with van der Waals surface area (Å²) in [5.41, 5.74) is -0.861. The average molecular weight is 288 g/mol. The Hall–Kier alpha value is -1.74. The molecule has 0 unspecified atom stereocenters. The Kier molecular flexibility index (Phi) is 4.43. The van der Waals surface area contributed by atoms with Gasteiger partial charge in [-0.1, -0.05) is 0 Å². The molecule has 0 aliphatic heterocycles. The van der Waals surface area contributed by atoms with Crippen LogP contribution in [0, 0.1) is 0 Å². The third kappa shape index (κ3) is 5.62. The number of carbonyl (C=O) groups is 1. The van der Waals surface area contributed by atoms with Gasteiger partial charge >= 0.3 is 5.97 Å². The lowest BCUT2D eigenvalue weighted by Gasteiger charge is -2.25. The summed E-state index contributed by atoms with van der Waals surface area (Å²) in [5.74, 6) is -0.786. The van der Waals surface area contributed by atoms with Crippen molar-refractivity contribution < 1.29 is 18.3 Å². The fraction of sp³-hybridized carbons (Fsp3) is 0.500. The topological polar surface area (TPSA) is 121 Å². The molecule has 0 radical (unpaired) electrons. The highest BCUT2D eigenvalue weighted by Gasteiger charge is 2.22. The summed E-state index contributed by atoms with van der Waals surface area (Å²) >= 11 is 0. The van der Waals surface area contributed by atoms with Gasteiger partial charge in [-0.05, 0) is 13.8 Å². The van der Waals surface area contributed by atoms with Crippen LogP contribution in [-0.2, 0) is 10.0 Å². The predicted octanol–water partition coefficient (Wildman–Crippen LogP) is -0.0855. The summed E-state index contributed by atoms with van der Waals surface area (Å²) in [6.45, 7) is 3.70. The largest absolute Gasteiger partial charge is 0.476 e. The molecule has 0 saturated carbocycles. The first-order valence-corrected chi connectivity index (χ1v) is 7.26. The molecule has 0 atom stereocenters. The van der Waals surface area contributed by atoms with Crippen LogP contribution in [0.5, 0.6) is 0 Å². The molecule has 0 aliphatic rings. The van der Waals surface area contributed by atoms with Crippen LogP contribution < -0.4 is 10.0 Å². The Balaban J connectivity index is 2.64. The number of sulfonamides is 1. The smallest absolute Gasteiger partial charge is 0.356 e. The monoisotopic (exact) mass is 288 g/mol. The van der Waals surface area contributed by atoms with Gasteiger partial charge in [0.15, 0.2) is 5.69 Å². The van der Waals surface area contributed by atoms with Crippen molar-refractivity contribution in [2.75, 3.05) is 18.1 Å². The van der Waals surface area contributed by atoms with Crippen molar-refractivity contribution in [1.29, 1.82) is 0 Å². The minimum Gasteiger partial charge on any atom is -0.476 e. The van der Waals surface area contributed by atoms with Crippen LogP contribution in [0.25, 0.3) is 0 Å². The predicted molar refractivity (Wildman–Crippen MR) is 69.5 cm³/mol. The average Bonchev–Trinajstić information content (AvgIpc) is 2.24. The van der Waals surface area contributed by atoms with E-state index in [0.29, 0.717) is 5.82 Å². The van der Waals surface area contributed by atoms with Crippen LogP contribution in [0.2, 0.25) is 0 Å². The Bertz CT molecular complexity index is 553. The zero-order valence-corrected chi connectivity index (χ0v) is 11.7. The van der Waals surface area contributed by atoms with Crippen LogP contribution in [0.15, 0.2) is 12.4 Å². The van der Waals surface area contributed by atoms with Crippen LogP contribution in [0.4, 0.5) is 5.82 Å². The molecule has 1 aromatic rings. The molecule has 0 spiro atoms. The number of hydrogen-bond donors (Lipinski definition) is 3. The second-order valence-corrected chi connectivity index (χ2v) is 6.45. The highest BCUT2D eigenvalue weighted by Crippen LogP contribution is 2.07. The maximum atomic E-state index is 11.1. The molecular formula is C10H16N4O4S. The summed E-state index contributed by atoms with van der Waals surface area (Å²) < 4.78 is 24.8. The Labute approximate surface area is 111 Å². The van der Waals surface area contributed by atoms with Gasteiger partial charge in [0.05, 0.1) is 18.6 Å². The lowest BCUT2D eigenvalue weighted by molar-refractivity contribution is 0.0690. The second kappa shape index (κ2) is 5.49.